The number of rotatable bonds is 8. The number of hydrogen-bond acceptors (Lipinski definition) is 3. The second kappa shape index (κ2) is 10.0. The van der Waals surface area contributed by atoms with Crippen molar-refractivity contribution >= 4 is 28.6 Å². The van der Waals surface area contributed by atoms with Crippen molar-refractivity contribution in [3.05, 3.63) is 89.2 Å². The largest absolute Gasteiger partial charge is 0.465 e. The molecule has 32 heavy (non-hydrogen) atoms. The van der Waals surface area contributed by atoms with Crippen LogP contribution in [-0.2, 0) is 23.6 Å². The van der Waals surface area contributed by atoms with Gasteiger partial charge in [-0.25, -0.2) is 9.78 Å². The van der Waals surface area contributed by atoms with Crippen LogP contribution in [0.25, 0.3) is 22.2 Å². The quantitative estimate of drug-likeness (QED) is 0.225. The molecule has 0 unspecified atom stereocenters. The Hall–Kier alpha value is -3.11. The van der Waals surface area contributed by atoms with Gasteiger partial charge in [-0.15, -0.1) is 11.6 Å². The number of para-hydroxylation sites is 1. The molecule has 1 heterocycles. The van der Waals surface area contributed by atoms with Crippen LogP contribution in [0.4, 0.5) is 0 Å². The fraction of sp³-hybridized carbons (Fsp3) is 0.259. The van der Waals surface area contributed by atoms with Crippen LogP contribution in [0.1, 0.15) is 47.1 Å². The molecule has 0 aliphatic heterocycles. The fourth-order valence-corrected chi connectivity index (χ4v) is 4.32. The number of carbonyl (C=O) groups is 1. The number of fused-ring (bicyclic) bond motifs is 1. The van der Waals surface area contributed by atoms with Crippen molar-refractivity contribution in [2.24, 2.45) is 0 Å². The Balaban J connectivity index is 1.69. The fourth-order valence-electron chi connectivity index (χ4n) is 4.11. The molecule has 3 aromatic carbocycles. The zero-order chi connectivity index (χ0) is 22.5. The lowest BCUT2D eigenvalue weighted by Crippen LogP contribution is -2.07. The monoisotopic (exact) mass is 446 g/mol. The van der Waals surface area contributed by atoms with Gasteiger partial charge >= 0.3 is 5.97 Å². The standard InChI is InChI=1S/C27H27ClN2O2/c1-3-4-12-25-29-24-11-7-8-21(17-28)26(24)30(25)18-19-13-15-20(16-14-19)22-9-5-6-10-23(22)27(31)32-2/h5-11,13-16H,3-4,12,17-18H2,1-2H3. The minimum atomic E-state index is -0.330. The summed E-state index contributed by atoms with van der Waals surface area (Å²) in [4.78, 5) is 17.1. The van der Waals surface area contributed by atoms with Crippen LogP contribution in [0.15, 0.2) is 66.7 Å². The molecule has 0 fully saturated rings. The predicted molar refractivity (Wildman–Crippen MR) is 130 cm³/mol. The summed E-state index contributed by atoms with van der Waals surface area (Å²) in [6.45, 7) is 2.92. The van der Waals surface area contributed by atoms with E-state index in [1.807, 2.05) is 24.3 Å². The summed E-state index contributed by atoms with van der Waals surface area (Å²) in [5.74, 6) is 1.22. The number of aryl methyl sites for hydroxylation is 1. The zero-order valence-corrected chi connectivity index (χ0v) is 19.2. The van der Waals surface area contributed by atoms with E-state index >= 15 is 0 Å². The Morgan fingerprint density at radius 2 is 1.81 bits per heavy atom. The van der Waals surface area contributed by atoms with Gasteiger partial charge in [-0.3, -0.25) is 0 Å². The average Bonchev–Trinajstić information content (AvgIpc) is 3.20. The minimum Gasteiger partial charge on any atom is -0.465 e. The van der Waals surface area contributed by atoms with Crippen molar-refractivity contribution in [2.45, 2.75) is 38.6 Å². The topological polar surface area (TPSA) is 44.1 Å². The molecule has 4 aromatic rings. The van der Waals surface area contributed by atoms with E-state index in [0.29, 0.717) is 11.4 Å². The summed E-state index contributed by atoms with van der Waals surface area (Å²) in [6, 6.07) is 22.0. The molecule has 0 saturated heterocycles. The second-order valence-electron chi connectivity index (χ2n) is 7.87. The molecule has 0 bridgehead atoms. The van der Waals surface area contributed by atoms with Gasteiger partial charge in [-0.05, 0) is 40.8 Å². The molecule has 5 heteroatoms. The Kier molecular flexibility index (Phi) is 6.91. The lowest BCUT2D eigenvalue weighted by molar-refractivity contribution is 0.0601. The SMILES string of the molecule is CCCCc1nc2cccc(CCl)c2n1Cc1ccc(-c2ccccc2C(=O)OC)cc1. The van der Waals surface area contributed by atoms with Crippen molar-refractivity contribution in [1.29, 1.82) is 0 Å². The van der Waals surface area contributed by atoms with Gasteiger partial charge in [0.25, 0.3) is 0 Å². The molecule has 0 aliphatic carbocycles. The first-order valence-electron chi connectivity index (χ1n) is 11.0. The molecule has 4 rings (SSSR count). The smallest absolute Gasteiger partial charge is 0.338 e. The summed E-state index contributed by atoms with van der Waals surface area (Å²) in [5, 5.41) is 0. The maximum atomic E-state index is 12.2. The highest BCUT2D eigenvalue weighted by atomic mass is 35.5. The number of esters is 1. The van der Waals surface area contributed by atoms with Gasteiger partial charge < -0.3 is 9.30 Å². The zero-order valence-electron chi connectivity index (χ0n) is 18.5. The van der Waals surface area contributed by atoms with Gasteiger partial charge in [0.1, 0.15) is 5.82 Å². The predicted octanol–water partition coefficient (Wildman–Crippen LogP) is 6.62. The van der Waals surface area contributed by atoms with Gasteiger partial charge in [-0.1, -0.05) is 67.9 Å². The molecular weight excluding hydrogens is 420 g/mol. The van der Waals surface area contributed by atoms with Crippen LogP contribution in [0.3, 0.4) is 0 Å². The van der Waals surface area contributed by atoms with E-state index in [0.717, 1.165) is 59.4 Å². The molecular formula is C27H27ClN2O2. The van der Waals surface area contributed by atoms with Crippen LogP contribution in [0.2, 0.25) is 0 Å². The molecule has 0 aliphatic rings. The van der Waals surface area contributed by atoms with Gasteiger partial charge in [-0.2, -0.15) is 0 Å². The lowest BCUT2D eigenvalue weighted by atomic mass is 9.98. The second-order valence-corrected chi connectivity index (χ2v) is 8.14. The number of hydrogen-bond donors (Lipinski definition) is 0. The molecule has 0 spiro atoms. The number of methoxy groups -OCH3 is 1. The number of alkyl halides is 1. The molecule has 1 aromatic heterocycles. The first-order chi connectivity index (χ1) is 15.7. The highest BCUT2D eigenvalue weighted by Crippen LogP contribution is 2.27. The third kappa shape index (κ3) is 4.42. The number of aromatic nitrogens is 2. The van der Waals surface area contributed by atoms with E-state index in [1.165, 1.54) is 12.7 Å². The normalized spacial score (nSPS) is 11.1. The molecule has 0 atom stereocenters. The summed E-state index contributed by atoms with van der Waals surface area (Å²) < 4.78 is 7.25. The van der Waals surface area contributed by atoms with Crippen molar-refractivity contribution in [2.75, 3.05) is 7.11 Å². The van der Waals surface area contributed by atoms with Crippen LogP contribution < -0.4 is 0 Å². The van der Waals surface area contributed by atoms with Gasteiger partial charge in [0.05, 0.1) is 23.7 Å². The van der Waals surface area contributed by atoms with E-state index < -0.39 is 0 Å². The molecule has 0 saturated carbocycles. The molecule has 0 N–H and O–H groups in total. The van der Waals surface area contributed by atoms with Crippen LogP contribution in [0, 0.1) is 0 Å². The van der Waals surface area contributed by atoms with Crippen molar-refractivity contribution < 1.29 is 9.53 Å². The highest BCUT2D eigenvalue weighted by molar-refractivity contribution is 6.17. The summed E-state index contributed by atoms with van der Waals surface area (Å²) in [6.07, 6.45) is 3.17. The summed E-state index contributed by atoms with van der Waals surface area (Å²) in [7, 11) is 1.41. The van der Waals surface area contributed by atoms with Crippen LogP contribution >= 0.6 is 11.6 Å². The van der Waals surface area contributed by atoms with Gasteiger partial charge in [0.15, 0.2) is 0 Å². The van der Waals surface area contributed by atoms with Gasteiger partial charge in [0, 0.05) is 18.8 Å². The van der Waals surface area contributed by atoms with E-state index in [4.69, 9.17) is 21.3 Å². The Bertz CT molecular complexity index is 1230. The van der Waals surface area contributed by atoms with Crippen molar-refractivity contribution in [3.8, 4) is 11.1 Å². The Morgan fingerprint density at radius 3 is 2.53 bits per heavy atom. The van der Waals surface area contributed by atoms with Crippen molar-refractivity contribution in [1.82, 2.24) is 9.55 Å². The maximum Gasteiger partial charge on any atom is 0.338 e. The maximum absolute atomic E-state index is 12.2. The number of carbonyl (C=O) groups excluding carboxylic acids is 1. The number of unbranched alkanes of at least 4 members (excludes halogenated alkanes) is 1. The average molecular weight is 447 g/mol. The Labute approximate surface area is 193 Å². The minimum absolute atomic E-state index is 0.330. The number of benzene rings is 3. The van der Waals surface area contributed by atoms with Crippen molar-refractivity contribution in [3.63, 3.8) is 0 Å². The third-order valence-corrected chi connectivity index (χ3v) is 6.05. The molecule has 0 amide bonds. The van der Waals surface area contributed by atoms with E-state index in [-0.39, 0.29) is 5.97 Å². The van der Waals surface area contributed by atoms with Crippen LogP contribution in [0.5, 0.6) is 0 Å². The number of nitrogens with zero attached hydrogens (tertiary/aromatic N) is 2. The first-order valence-corrected chi connectivity index (χ1v) is 11.5. The highest BCUT2D eigenvalue weighted by Gasteiger charge is 2.15. The number of imidazole rings is 1. The third-order valence-electron chi connectivity index (χ3n) is 5.77. The van der Waals surface area contributed by atoms with E-state index in [1.54, 1.807) is 6.07 Å². The summed E-state index contributed by atoms with van der Waals surface area (Å²) in [5.41, 5.74) is 6.81. The molecule has 164 valence electrons. The first kappa shape index (κ1) is 22.1. The number of ether oxygens (including phenoxy) is 1. The van der Waals surface area contributed by atoms with Crippen LogP contribution in [-0.4, -0.2) is 22.6 Å². The molecule has 0 radical (unpaired) electrons. The van der Waals surface area contributed by atoms with E-state index in [9.17, 15) is 4.79 Å². The lowest BCUT2D eigenvalue weighted by Gasteiger charge is -2.13. The number of halogens is 1. The van der Waals surface area contributed by atoms with E-state index in [2.05, 4.69) is 47.9 Å². The Morgan fingerprint density at radius 1 is 1.03 bits per heavy atom. The van der Waals surface area contributed by atoms with Gasteiger partial charge in [0.2, 0.25) is 0 Å². The molecule has 4 nitrogen and oxygen atoms in total. The summed E-state index contributed by atoms with van der Waals surface area (Å²) >= 11 is 6.26.